The maximum atomic E-state index is 12.2. The monoisotopic (exact) mass is 341 g/mol. The molecule has 2 aromatic heterocycles. The van der Waals surface area contributed by atoms with Gasteiger partial charge in [0.1, 0.15) is 6.54 Å². The van der Waals surface area contributed by atoms with Crippen molar-refractivity contribution < 1.29 is 4.79 Å². The Morgan fingerprint density at radius 2 is 2.08 bits per heavy atom. The van der Waals surface area contributed by atoms with Crippen LogP contribution in [0.1, 0.15) is 31.0 Å². The molecule has 0 bridgehead atoms. The molecule has 1 amide bonds. The molecule has 0 spiro atoms. The van der Waals surface area contributed by atoms with Crippen LogP contribution in [0.25, 0.3) is 11.4 Å². The van der Waals surface area contributed by atoms with E-state index in [1.807, 2.05) is 35.9 Å². The summed E-state index contributed by atoms with van der Waals surface area (Å²) in [6.45, 7) is 4.13. The van der Waals surface area contributed by atoms with E-state index in [1.165, 1.54) is 10.4 Å². The molecule has 3 aromatic rings. The Labute approximate surface area is 144 Å². The standard InChI is InChI=1S/C17H19N5OS/c1-3-13-4-6-14(7-5-13)12(2)18-16(23)10-22-20-17(19-21-22)15-8-9-24-11-15/h4-9,11-12H,3,10H2,1-2H3,(H,18,23)/t12-/m0/s1. The number of hydrogen-bond acceptors (Lipinski definition) is 5. The number of thiophene rings is 1. The lowest BCUT2D eigenvalue weighted by atomic mass is 10.1. The number of tetrazole rings is 1. The van der Waals surface area contributed by atoms with Gasteiger partial charge in [-0.05, 0) is 41.1 Å². The summed E-state index contributed by atoms with van der Waals surface area (Å²) in [5.41, 5.74) is 3.27. The van der Waals surface area contributed by atoms with Crippen molar-refractivity contribution in [2.24, 2.45) is 0 Å². The molecule has 0 fully saturated rings. The van der Waals surface area contributed by atoms with Crippen molar-refractivity contribution in [3.63, 3.8) is 0 Å². The number of aryl methyl sites for hydroxylation is 1. The number of amides is 1. The first-order valence-corrected chi connectivity index (χ1v) is 8.78. The highest BCUT2D eigenvalue weighted by Gasteiger charge is 2.13. The van der Waals surface area contributed by atoms with Crippen LogP contribution in [-0.4, -0.2) is 26.1 Å². The second-order valence-corrected chi connectivity index (χ2v) is 6.32. The molecule has 0 radical (unpaired) electrons. The molecule has 1 aromatic carbocycles. The molecule has 6 nitrogen and oxygen atoms in total. The van der Waals surface area contributed by atoms with Crippen molar-refractivity contribution in [1.82, 2.24) is 25.5 Å². The Bertz CT molecular complexity index is 795. The summed E-state index contributed by atoms with van der Waals surface area (Å²) in [5, 5.41) is 19.0. The van der Waals surface area contributed by atoms with Crippen molar-refractivity contribution in [2.45, 2.75) is 32.9 Å². The van der Waals surface area contributed by atoms with Gasteiger partial charge < -0.3 is 5.32 Å². The zero-order valence-corrected chi connectivity index (χ0v) is 14.5. The van der Waals surface area contributed by atoms with Gasteiger partial charge in [0.2, 0.25) is 11.7 Å². The molecular weight excluding hydrogens is 322 g/mol. The van der Waals surface area contributed by atoms with Gasteiger partial charge in [0.25, 0.3) is 0 Å². The van der Waals surface area contributed by atoms with Crippen LogP contribution in [-0.2, 0) is 17.8 Å². The molecule has 2 heterocycles. The summed E-state index contributed by atoms with van der Waals surface area (Å²) in [6, 6.07) is 10.1. The van der Waals surface area contributed by atoms with Crippen molar-refractivity contribution in [2.75, 3.05) is 0 Å². The molecule has 3 rings (SSSR count). The lowest BCUT2D eigenvalue weighted by molar-refractivity contribution is -0.122. The fourth-order valence-electron chi connectivity index (χ4n) is 2.36. The predicted molar refractivity (Wildman–Crippen MR) is 93.5 cm³/mol. The Morgan fingerprint density at radius 3 is 2.75 bits per heavy atom. The summed E-state index contributed by atoms with van der Waals surface area (Å²) in [5.74, 6) is 0.392. The fourth-order valence-corrected chi connectivity index (χ4v) is 2.99. The summed E-state index contributed by atoms with van der Waals surface area (Å²) in [7, 11) is 0. The molecule has 1 N–H and O–H groups in total. The first-order chi connectivity index (χ1) is 11.7. The smallest absolute Gasteiger partial charge is 0.244 e. The first-order valence-electron chi connectivity index (χ1n) is 7.84. The molecule has 0 aliphatic carbocycles. The van der Waals surface area contributed by atoms with E-state index in [2.05, 4.69) is 39.8 Å². The average Bonchev–Trinajstić information content (AvgIpc) is 3.26. The molecule has 0 unspecified atom stereocenters. The van der Waals surface area contributed by atoms with Gasteiger partial charge in [0.05, 0.1) is 6.04 Å². The van der Waals surface area contributed by atoms with Crippen molar-refractivity contribution in [1.29, 1.82) is 0 Å². The van der Waals surface area contributed by atoms with Crippen molar-refractivity contribution >= 4 is 17.2 Å². The highest BCUT2D eigenvalue weighted by atomic mass is 32.1. The van der Waals surface area contributed by atoms with E-state index in [-0.39, 0.29) is 18.5 Å². The molecular formula is C17H19N5OS. The van der Waals surface area contributed by atoms with E-state index in [0.717, 1.165) is 17.5 Å². The van der Waals surface area contributed by atoms with Crippen LogP contribution in [0.5, 0.6) is 0 Å². The normalized spacial score (nSPS) is 12.1. The van der Waals surface area contributed by atoms with Crippen LogP contribution < -0.4 is 5.32 Å². The average molecular weight is 341 g/mol. The minimum Gasteiger partial charge on any atom is -0.348 e. The highest BCUT2D eigenvalue weighted by molar-refractivity contribution is 7.08. The van der Waals surface area contributed by atoms with Crippen LogP contribution in [0.2, 0.25) is 0 Å². The maximum absolute atomic E-state index is 12.2. The minimum atomic E-state index is -0.142. The zero-order valence-electron chi connectivity index (χ0n) is 13.6. The third-order valence-electron chi connectivity index (χ3n) is 3.78. The lowest BCUT2D eigenvalue weighted by Gasteiger charge is -2.14. The van der Waals surface area contributed by atoms with Crippen LogP contribution in [0.4, 0.5) is 0 Å². The van der Waals surface area contributed by atoms with Gasteiger partial charge in [-0.3, -0.25) is 4.79 Å². The third-order valence-corrected chi connectivity index (χ3v) is 4.47. The number of hydrogen-bond donors (Lipinski definition) is 1. The number of carbonyl (C=O) groups is 1. The molecule has 0 saturated heterocycles. The van der Waals surface area contributed by atoms with Crippen LogP contribution in [0, 0.1) is 0 Å². The molecule has 124 valence electrons. The van der Waals surface area contributed by atoms with Crippen LogP contribution in [0.15, 0.2) is 41.1 Å². The van der Waals surface area contributed by atoms with Gasteiger partial charge >= 0.3 is 0 Å². The van der Waals surface area contributed by atoms with Gasteiger partial charge in [0, 0.05) is 10.9 Å². The Balaban J connectivity index is 1.58. The number of nitrogens with zero attached hydrogens (tertiary/aromatic N) is 4. The third kappa shape index (κ3) is 3.86. The topological polar surface area (TPSA) is 72.7 Å². The van der Waals surface area contributed by atoms with Gasteiger partial charge in [-0.15, -0.1) is 10.2 Å². The van der Waals surface area contributed by atoms with E-state index < -0.39 is 0 Å². The fraction of sp³-hybridized carbons (Fsp3) is 0.294. The van der Waals surface area contributed by atoms with Crippen molar-refractivity contribution in [3.05, 3.63) is 52.2 Å². The number of nitrogens with one attached hydrogen (secondary N) is 1. The van der Waals surface area contributed by atoms with Gasteiger partial charge in [0.15, 0.2) is 0 Å². The summed E-state index contributed by atoms with van der Waals surface area (Å²) in [4.78, 5) is 13.5. The van der Waals surface area contributed by atoms with E-state index in [1.54, 1.807) is 11.3 Å². The second kappa shape index (κ2) is 7.35. The molecule has 24 heavy (non-hydrogen) atoms. The SMILES string of the molecule is CCc1ccc([C@H](C)NC(=O)Cn2nnc(-c3ccsc3)n2)cc1. The van der Waals surface area contributed by atoms with E-state index >= 15 is 0 Å². The molecule has 1 atom stereocenters. The molecule has 0 saturated carbocycles. The predicted octanol–water partition coefficient (Wildman–Crippen LogP) is 2.84. The summed E-state index contributed by atoms with van der Waals surface area (Å²) >= 11 is 1.57. The Hall–Kier alpha value is -2.54. The number of rotatable bonds is 6. The summed E-state index contributed by atoms with van der Waals surface area (Å²) in [6.07, 6.45) is 1.01. The molecule has 0 aliphatic heterocycles. The maximum Gasteiger partial charge on any atom is 0.244 e. The van der Waals surface area contributed by atoms with Crippen molar-refractivity contribution in [3.8, 4) is 11.4 Å². The lowest BCUT2D eigenvalue weighted by Crippen LogP contribution is -2.30. The number of benzene rings is 1. The Morgan fingerprint density at radius 1 is 1.29 bits per heavy atom. The van der Waals surface area contributed by atoms with Gasteiger partial charge in [-0.2, -0.15) is 16.1 Å². The zero-order chi connectivity index (χ0) is 16.9. The quantitative estimate of drug-likeness (QED) is 0.748. The molecule has 0 aliphatic rings. The molecule has 7 heteroatoms. The minimum absolute atomic E-state index is 0.0501. The largest absolute Gasteiger partial charge is 0.348 e. The second-order valence-electron chi connectivity index (χ2n) is 5.54. The van der Waals surface area contributed by atoms with Crippen LogP contribution >= 0.6 is 11.3 Å². The van der Waals surface area contributed by atoms with E-state index in [9.17, 15) is 4.79 Å². The first kappa shape index (κ1) is 16.3. The van der Waals surface area contributed by atoms with Crippen LogP contribution in [0.3, 0.4) is 0 Å². The number of carbonyl (C=O) groups excluding carboxylic acids is 1. The van der Waals surface area contributed by atoms with Gasteiger partial charge in [-0.1, -0.05) is 31.2 Å². The van der Waals surface area contributed by atoms with E-state index in [4.69, 9.17) is 0 Å². The van der Waals surface area contributed by atoms with E-state index in [0.29, 0.717) is 5.82 Å². The highest BCUT2D eigenvalue weighted by Crippen LogP contribution is 2.17. The Kier molecular flexibility index (Phi) is 5.00. The number of aromatic nitrogens is 4. The summed E-state index contributed by atoms with van der Waals surface area (Å²) < 4.78 is 0. The van der Waals surface area contributed by atoms with Gasteiger partial charge in [-0.25, -0.2) is 0 Å².